The van der Waals surface area contributed by atoms with Crippen LogP contribution in [-0.2, 0) is 0 Å². The van der Waals surface area contributed by atoms with Crippen molar-refractivity contribution < 1.29 is 1.43 Å². The van der Waals surface area contributed by atoms with E-state index in [4.69, 9.17) is 5.73 Å². The Morgan fingerprint density at radius 3 is 1.78 bits per heavy atom. The van der Waals surface area contributed by atoms with Crippen molar-refractivity contribution >= 4 is 0 Å². The highest BCUT2D eigenvalue weighted by Crippen LogP contribution is 2.14. The van der Waals surface area contributed by atoms with Crippen LogP contribution in [0, 0.1) is 0 Å². The maximum absolute atomic E-state index is 5.63. The molecule has 9 heavy (non-hydrogen) atoms. The monoisotopic (exact) mass is 131 g/mol. The smallest absolute Gasteiger partial charge is 0.00388 e. The van der Waals surface area contributed by atoms with Crippen LogP contribution >= 0.6 is 0 Å². The van der Waals surface area contributed by atoms with Crippen molar-refractivity contribution in [2.75, 3.05) is 0 Å². The molecule has 1 heteroatoms. The van der Waals surface area contributed by atoms with Gasteiger partial charge in [0.1, 0.15) is 0 Å². The highest BCUT2D eigenvalue weighted by Gasteiger charge is 2.06. The fourth-order valence-electron chi connectivity index (χ4n) is 1.13. The third kappa shape index (κ3) is 4.46. The van der Waals surface area contributed by atoms with Gasteiger partial charge in [-0.15, -0.1) is 0 Å². The largest absolute Gasteiger partial charge is 0.328 e. The highest BCUT2D eigenvalue weighted by molar-refractivity contribution is 4.66. The second-order valence-corrected chi connectivity index (χ2v) is 2.40. The topological polar surface area (TPSA) is 26.0 Å². The maximum Gasteiger partial charge on any atom is 0.00388 e. The van der Waals surface area contributed by atoms with Gasteiger partial charge in [-0.1, -0.05) is 33.1 Å². The minimum absolute atomic E-state index is 0. The number of hydrogen-bond donors (Lipinski definition) is 1. The Labute approximate surface area is 60.1 Å². The average Bonchev–Trinajstić information content (AvgIpc) is 1.94. The van der Waals surface area contributed by atoms with Gasteiger partial charge in [0.05, 0.1) is 0 Å². The van der Waals surface area contributed by atoms with E-state index in [0.29, 0.717) is 6.04 Å². The quantitative estimate of drug-likeness (QED) is 0.537. The van der Waals surface area contributed by atoms with Crippen molar-refractivity contribution in [2.24, 2.45) is 5.73 Å². The van der Waals surface area contributed by atoms with Crippen molar-refractivity contribution in [2.45, 2.75) is 52.0 Å². The van der Waals surface area contributed by atoms with Gasteiger partial charge in [-0.05, 0) is 12.8 Å². The van der Waals surface area contributed by atoms with Crippen molar-refractivity contribution in [1.29, 1.82) is 0 Å². The summed E-state index contributed by atoms with van der Waals surface area (Å²) in [4.78, 5) is 0. The molecule has 0 saturated heterocycles. The molecule has 1 aliphatic carbocycles. The van der Waals surface area contributed by atoms with Gasteiger partial charge < -0.3 is 5.73 Å². The van der Waals surface area contributed by atoms with Gasteiger partial charge in [0.25, 0.3) is 0 Å². The van der Waals surface area contributed by atoms with Gasteiger partial charge in [0, 0.05) is 7.47 Å². The van der Waals surface area contributed by atoms with Gasteiger partial charge in [-0.25, -0.2) is 0 Å². The van der Waals surface area contributed by atoms with Gasteiger partial charge >= 0.3 is 0 Å². The summed E-state index contributed by atoms with van der Waals surface area (Å²) in [5.74, 6) is 0. The van der Waals surface area contributed by atoms with E-state index < -0.39 is 0 Å². The van der Waals surface area contributed by atoms with Gasteiger partial charge in [-0.3, -0.25) is 0 Å². The number of nitrogens with two attached hydrogens (primary N) is 1. The van der Waals surface area contributed by atoms with E-state index in [9.17, 15) is 0 Å². The molecule has 2 N–H and O–H groups in total. The molecule has 0 aromatic heterocycles. The summed E-state index contributed by atoms with van der Waals surface area (Å²) in [5, 5.41) is 0. The molecule has 1 aliphatic rings. The standard InChI is InChI=1S/C6H13N.C2H6.H2/c7-6-4-2-1-3-5-6;1-2;/h6H,1-5,7H2;1-2H3;1H. The molecule has 0 aliphatic heterocycles. The first kappa shape index (κ1) is 8.96. The molecule has 0 atom stereocenters. The zero-order valence-corrected chi connectivity index (χ0v) is 6.69. The van der Waals surface area contributed by atoms with Crippen LogP contribution in [0.3, 0.4) is 0 Å². The third-order valence-corrected chi connectivity index (χ3v) is 1.65. The Morgan fingerprint density at radius 1 is 1.11 bits per heavy atom. The lowest BCUT2D eigenvalue weighted by Crippen LogP contribution is -2.22. The number of rotatable bonds is 0. The molecule has 0 bridgehead atoms. The zero-order valence-electron chi connectivity index (χ0n) is 6.69. The molecule has 0 heterocycles. The Kier molecular flexibility index (Phi) is 6.06. The summed E-state index contributed by atoms with van der Waals surface area (Å²) < 4.78 is 0. The van der Waals surface area contributed by atoms with E-state index in [0.717, 1.165) is 0 Å². The molecule has 0 amide bonds. The van der Waals surface area contributed by atoms with Crippen LogP contribution in [0.1, 0.15) is 47.4 Å². The second-order valence-electron chi connectivity index (χ2n) is 2.40. The van der Waals surface area contributed by atoms with E-state index in [1.54, 1.807) is 0 Å². The fraction of sp³-hybridized carbons (Fsp3) is 1.00. The van der Waals surface area contributed by atoms with E-state index in [1.807, 2.05) is 13.8 Å². The van der Waals surface area contributed by atoms with Crippen LogP contribution in [0.2, 0.25) is 0 Å². The highest BCUT2D eigenvalue weighted by atomic mass is 14.6. The summed E-state index contributed by atoms with van der Waals surface area (Å²) in [7, 11) is 0. The second kappa shape index (κ2) is 6.09. The lowest BCUT2D eigenvalue weighted by molar-refractivity contribution is 0.441. The van der Waals surface area contributed by atoms with E-state index in [2.05, 4.69) is 0 Å². The summed E-state index contributed by atoms with van der Waals surface area (Å²) >= 11 is 0. The summed E-state index contributed by atoms with van der Waals surface area (Å²) in [6, 6.07) is 0.536. The van der Waals surface area contributed by atoms with Crippen molar-refractivity contribution in [3.63, 3.8) is 0 Å². The predicted molar refractivity (Wildman–Crippen MR) is 44.5 cm³/mol. The zero-order chi connectivity index (χ0) is 7.11. The minimum Gasteiger partial charge on any atom is -0.328 e. The molecular formula is C8H21N. The summed E-state index contributed by atoms with van der Waals surface area (Å²) in [6.07, 6.45) is 6.66. The normalized spacial score (nSPS) is 20.3. The molecule has 1 fully saturated rings. The first-order valence-corrected chi connectivity index (χ1v) is 4.15. The fourth-order valence-corrected chi connectivity index (χ4v) is 1.13. The van der Waals surface area contributed by atoms with Crippen LogP contribution in [0.4, 0.5) is 0 Å². The lowest BCUT2D eigenvalue weighted by Gasteiger charge is -2.15. The van der Waals surface area contributed by atoms with E-state index in [-0.39, 0.29) is 1.43 Å². The Morgan fingerprint density at radius 2 is 1.56 bits per heavy atom. The SMILES string of the molecule is CC.NC1CCCCC1.[HH]. The van der Waals surface area contributed by atoms with Crippen LogP contribution in [0.25, 0.3) is 0 Å². The third-order valence-electron chi connectivity index (χ3n) is 1.65. The Hall–Kier alpha value is -0.0400. The van der Waals surface area contributed by atoms with Gasteiger partial charge in [0.2, 0.25) is 0 Å². The molecule has 1 nitrogen and oxygen atoms in total. The Bertz CT molecular complexity index is 51.2. The molecule has 0 spiro atoms. The summed E-state index contributed by atoms with van der Waals surface area (Å²) in [5.41, 5.74) is 5.63. The molecule has 0 aromatic rings. The summed E-state index contributed by atoms with van der Waals surface area (Å²) in [6.45, 7) is 4.00. The van der Waals surface area contributed by atoms with Crippen molar-refractivity contribution in [1.82, 2.24) is 0 Å². The van der Waals surface area contributed by atoms with Crippen LogP contribution in [0.5, 0.6) is 0 Å². The minimum atomic E-state index is 0. The maximum atomic E-state index is 5.63. The average molecular weight is 131 g/mol. The van der Waals surface area contributed by atoms with Gasteiger partial charge in [0.15, 0.2) is 0 Å². The molecule has 1 saturated carbocycles. The molecule has 0 aromatic carbocycles. The van der Waals surface area contributed by atoms with E-state index in [1.165, 1.54) is 32.1 Å². The number of hydrogen-bond acceptors (Lipinski definition) is 1. The van der Waals surface area contributed by atoms with Crippen LogP contribution < -0.4 is 5.73 Å². The molecule has 0 unspecified atom stereocenters. The molecule has 0 radical (unpaired) electrons. The molecule has 58 valence electrons. The van der Waals surface area contributed by atoms with Crippen molar-refractivity contribution in [3.05, 3.63) is 0 Å². The molecule has 1 rings (SSSR count). The lowest BCUT2D eigenvalue weighted by atomic mass is 9.97. The molecular weight excluding hydrogens is 110 g/mol. The van der Waals surface area contributed by atoms with E-state index >= 15 is 0 Å². The Balaban J connectivity index is 0. The van der Waals surface area contributed by atoms with Crippen LogP contribution in [0.15, 0.2) is 0 Å². The first-order valence-electron chi connectivity index (χ1n) is 4.15. The van der Waals surface area contributed by atoms with Crippen molar-refractivity contribution in [3.8, 4) is 0 Å². The predicted octanol–water partition coefficient (Wildman–Crippen LogP) is 2.55. The van der Waals surface area contributed by atoms with Gasteiger partial charge in [-0.2, -0.15) is 0 Å². The van der Waals surface area contributed by atoms with Crippen LogP contribution in [-0.4, -0.2) is 6.04 Å². The first-order chi connectivity index (χ1) is 4.39.